The molecule has 4 heterocycles. The fourth-order valence-electron chi connectivity index (χ4n) is 5.29. The van der Waals surface area contributed by atoms with Crippen LogP contribution < -0.4 is 0 Å². The third kappa shape index (κ3) is 3.03. The average Bonchev–Trinajstić information content (AvgIpc) is 3.63. The van der Waals surface area contributed by atoms with Crippen LogP contribution in [0.15, 0.2) is 36.4 Å². The molecule has 0 atom stereocenters. The van der Waals surface area contributed by atoms with Gasteiger partial charge in [-0.3, -0.25) is 0 Å². The first kappa shape index (κ1) is 24.4. The molecule has 0 unspecified atom stereocenters. The maximum atomic E-state index is 15.1. The topological polar surface area (TPSA) is 83.1 Å². The maximum Gasteiger partial charge on any atom is 0.198 e. The molecule has 6 bridgehead atoms. The molecule has 8 rings (SSSR count). The van der Waals surface area contributed by atoms with Gasteiger partial charge in [0.2, 0.25) is 0 Å². The van der Waals surface area contributed by atoms with Crippen LogP contribution in [0.4, 0.5) is 35.1 Å². The lowest BCUT2D eigenvalue weighted by molar-refractivity contribution is 0.418. The third-order valence-electron chi connectivity index (χ3n) is 7.19. The Kier molecular flexibility index (Phi) is 4.70. The lowest BCUT2D eigenvalue weighted by atomic mass is 10.0. The largest absolute Gasteiger partial charge is 0.324 e. The Morgan fingerprint density at radius 3 is 1.10 bits per heavy atom. The summed E-state index contributed by atoms with van der Waals surface area (Å²) in [5, 5.41) is -2.17. The van der Waals surface area contributed by atoms with E-state index in [1.54, 1.807) is 36.4 Å². The fourth-order valence-corrected chi connectivity index (χ4v) is 5.29. The fraction of sp³-hybridized carbons (Fsp3) is 0. The number of hydrogen-bond acceptors (Lipinski definition) is 4. The second kappa shape index (κ2) is 8.09. The van der Waals surface area contributed by atoms with Crippen molar-refractivity contribution in [2.45, 2.75) is 0 Å². The Labute approximate surface area is 226 Å². The summed E-state index contributed by atoms with van der Waals surface area (Å²) < 4.78 is 118. The number of H-pyrrole nitrogens is 2. The van der Waals surface area contributed by atoms with Gasteiger partial charge in [0.05, 0.1) is 21.5 Å². The number of rotatable bonds is 0. The molecule has 0 spiro atoms. The Balaban J connectivity index is 1.69. The SMILES string of the molecule is Fc1c(F)c(F)c2c3nc4[nH]c(nc5nc(nc([nH]3)c2c1F)-c1cc2ccccc2cc1-5)c1c(F)c(F)c(F)c(F)c41. The molecule has 0 radical (unpaired) electrons. The normalized spacial score (nSPS) is 12.3. The molecule has 206 valence electrons. The molecule has 1 aliphatic heterocycles. The predicted molar refractivity (Wildman–Crippen MR) is 136 cm³/mol. The van der Waals surface area contributed by atoms with Crippen LogP contribution in [0.3, 0.4) is 0 Å². The van der Waals surface area contributed by atoms with Crippen molar-refractivity contribution >= 4 is 54.9 Å². The van der Waals surface area contributed by atoms with Crippen LogP contribution in [0.5, 0.6) is 0 Å². The van der Waals surface area contributed by atoms with Gasteiger partial charge in [-0.1, -0.05) is 24.3 Å². The molecule has 7 aromatic rings. The van der Waals surface area contributed by atoms with Crippen molar-refractivity contribution in [3.63, 3.8) is 0 Å². The second-order valence-electron chi connectivity index (χ2n) is 9.50. The number of aromatic amines is 2. The molecule has 42 heavy (non-hydrogen) atoms. The molecule has 0 fully saturated rings. The summed E-state index contributed by atoms with van der Waals surface area (Å²) >= 11 is 0. The standard InChI is InChI=1S/C28H8F8N6/c29-15-11-13(17(31)21(35)19(15)33)27-40-25(11)38-23-9-5-7-3-1-2-4-8(7)6-10(9)24(37-23)39-26-12-14(28(41-26)42-27)18(32)22(36)20(34)16(12)30/h1-6H,(H2,37,38,39,40,41,42). The number of benzene rings is 4. The Morgan fingerprint density at radius 1 is 0.405 bits per heavy atom. The zero-order valence-corrected chi connectivity index (χ0v) is 20.3. The van der Waals surface area contributed by atoms with E-state index in [0.717, 1.165) is 0 Å². The summed E-state index contributed by atoms with van der Waals surface area (Å²) in [6.45, 7) is 0. The van der Waals surface area contributed by atoms with E-state index in [0.29, 0.717) is 21.9 Å². The summed E-state index contributed by atoms with van der Waals surface area (Å²) in [6, 6.07) is 10.4. The first-order chi connectivity index (χ1) is 20.1. The second-order valence-corrected chi connectivity index (χ2v) is 9.50. The zero-order chi connectivity index (χ0) is 29.2. The molecule has 0 aliphatic carbocycles. The van der Waals surface area contributed by atoms with Crippen molar-refractivity contribution in [2.24, 2.45) is 0 Å². The minimum absolute atomic E-state index is 0.144. The van der Waals surface area contributed by atoms with Crippen LogP contribution in [0, 0.1) is 46.5 Å². The van der Waals surface area contributed by atoms with Crippen molar-refractivity contribution in [1.82, 2.24) is 29.9 Å². The summed E-state index contributed by atoms with van der Waals surface area (Å²) in [5.74, 6) is -16.3. The third-order valence-corrected chi connectivity index (χ3v) is 7.19. The van der Waals surface area contributed by atoms with Crippen LogP contribution in [0.25, 0.3) is 77.7 Å². The van der Waals surface area contributed by atoms with Gasteiger partial charge in [0.1, 0.15) is 22.6 Å². The van der Waals surface area contributed by atoms with Crippen molar-refractivity contribution < 1.29 is 35.1 Å². The summed E-state index contributed by atoms with van der Waals surface area (Å²) in [5.41, 5.74) is -1.93. The quantitative estimate of drug-likeness (QED) is 0.110. The first-order valence-corrected chi connectivity index (χ1v) is 12.0. The minimum Gasteiger partial charge on any atom is -0.324 e. The highest BCUT2D eigenvalue weighted by Gasteiger charge is 2.29. The van der Waals surface area contributed by atoms with E-state index in [4.69, 9.17) is 0 Å². The highest BCUT2D eigenvalue weighted by atomic mass is 19.2. The molecule has 3 aromatic heterocycles. The van der Waals surface area contributed by atoms with Gasteiger partial charge >= 0.3 is 0 Å². The van der Waals surface area contributed by atoms with E-state index in [1.165, 1.54) is 0 Å². The lowest BCUT2D eigenvalue weighted by Gasteiger charge is -2.03. The Bertz CT molecular complexity index is 2300. The summed E-state index contributed by atoms with van der Waals surface area (Å²) in [4.78, 5) is 21.7. The summed E-state index contributed by atoms with van der Waals surface area (Å²) in [6.07, 6.45) is 0. The van der Waals surface area contributed by atoms with E-state index in [2.05, 4.69) is 29.9 Å². The average molecular weight is 580 g/mol. The van der Waals surface area contributed by atoms with Crippen LogP contribution in [-0.2, 0) is 0 Å². The van der Waals surface area contributed by atoms with Crippen LogP contribution in [-0.4, -0.2) is 29.9 Å². The number of aromatic nitrogens is 6. The smallest absolute Gasteiger partial charge is 0.198 e. The maximum absolute atomic E-state index is 15.1. The van der Waals surface area contributed by atoms with Gasteiger partial charge in [-0.2, -0.15) is 0 Å². The van der Waals surface area contributed by atoms with E-state index < -0.39 is 90.7 Å². The molecule has 0 saturated carbocycles. The van der Waals surface area contributed by atoms with Crippen LogP contribution in [0.1, 0.15) is 0 Å². The molecular formula is C28H8F8N6. The van der Waals surface area contributed by atoms with Crippen molar-refractivity contribution in [2.75, 3.05) is 0 Å². The molecule has 0 amide bonds. The molecule has 6 nitrogen and oxygen atoms in total. The monoisotopic (exact) mass is 580 g/mol. The van der Waals surface area contributed by atoms with E-state index >= 15 is 17.6 Å². The van der Waals surface area contributed by atoms with Crippen LogP contribution >= 0.6 is 0 Å². The van der Waals surface area contributed by atoms with E-state index in [9.17, 15) is 17.6 Å². The molecule has 0 saturated heterocycles. The highest BCUT2D eigenvalue weighted by molar-refractivity contribution is 6.09. The summed E-state index contributed by atoms with van der Waals surface area (Å²) in [7, 11) is 0. The number of hydrogen-bond donors (Lipinski definition) is 2. The van der Waals surface area contributed by atoms with Gasteiger partial charge in [-0.05, 0) is 22.9 Å². The van der Waals surface area contributed by atoms with Crippen molar-refractivity contribution in [3.8, 4) is 22.8 Å². The number of nitrogens with one attached hydrogen (secondary N) is 2. The minimum atomic E-state index is -2.17. The van der Waals surface area contributed by atoms with E-state index in [-0.39, 0.29) is 11.6 Å². The molecule has 2 N–H and O–H groups in total. The van der Waals surface area contributed by atoms with Gasteiger partial charge < -0.3 is 9.97 Å². The Hall–Kier alpha value is -5.40. The number of fused-ring (bicyclic) bond motifs is 16. The molecule has 4 aromatic carbocycles. The van der Waals surface area contributed by atoms with Gasteiger partial charge in [0.25, 0.3) is 0 Å². The van der Waals surface area contributed by atoms with Gasteiger partial charge in [0.15, 0.2) is 58.2 Å². The van der Waals surface area contributed by atoms with Crippen molar-refractivity contribution in [3.05, 3.63) is 82.9 Å². The van der Waals surface area contributed by atoms with Gasteiger partial charge in [0, 0.05) is 11.1 Å². The van der Waals surface area contributed by atoms with E-state index in [1.807, 2.05) is 0 Å². The van der Waals surface area contributed by atoms with Gasteiger partial charge in [-0.25, -0.2) is 55.1 Å². The molecular weight excluding hydrogens is 572 g/mol. The lowest BCUT2D eigenvalue weighted by Crippen LogP contribution is -1.97. The molecule has 1 aliphatic rings. The van der Waals surface area contributed by atoms with Crippen molar-refractivity contribution in [1.29, 1.82) is 0 Å². The van der Waals surface area contributed by atoms with Crippen LogP contribution in [0.2, 0.25) is 0 Å². The number of nitrogens with zero attached hydrogens (tertiary/aromatic N) is 4. The first-order valence-electron chi connectivity index (χ1n) is 12.0. The molecule has 14 heteroatoms. The van der Waals surface area contributed by atoms with Gasteiger partial charge in [-0.15, -0.1) is 0 Å². The zero-order valence-electron chi connectivity index (χ0n) is 20.3. The Morgan fingerprint density at radius 2 is 0.738 bits per heavy atom. The highest BCUT2D eigenvalue weighted by Crippen LogP contribution is 2.39. The predicted octanol–water partition coefficient (Wildman–Crippen LogP) is 7.57. The number of halogens is 8.